The largest absolute Gasteiger partial charge is 0.352 e. The molecule has 1 aromatic carbocycles. The van der Waals surface area contributed by atoms with Crippen molar-refractivity contribution >= 4 is 16.8 Å². The van der Waals surface area contributed by atoms with Crippen LogP contribution >= 0.6 is 0 Å². The summed E-state index contributed by atoms with van der Waals surface area (Å²) in [6, 6.07) is 10.3. The number of aromatic nitrogens is 1. The summed E-state index contributed by atoms with van der Waals surface area (Å²) in [5.41, 5.74) is 2.03. The molecule has 0 saturated carbocycles. The van der Waals surface area contributed by atoms with E-state index in [0.717, 1.165) is 29.4 Å². The van der Waals surface area contributed by atoms with Gasteiger partial charge >= 0.3 is 0 Å². The maximum atomic E-state index is 12.2. The van der Waals surface area contributed by atoms with Crippen molar-refractivity contribution < 1.29 is 4.79 Å². The molecule has 1 saturated heterocycles. The molecule has 1 aliphatic rings. The highest BCUT2D eigenvalue weighted by atomic mass is 16.1. The Labute approximate surface area is 118 Å². The van der Waals surface area contributed by atoms with Crippen LogP contribution < -0.4 is 10.6 Å². The van der Waals surface area contributed by atoms with Crippen LogP contribution in [0, 0.1) is 5.92 Å². The van der Waals surface area contributed by atoms with Crippen molar-refractivity contribution in [2.75, 3.05) is 6.54 Å². The molecule has 1 aromatic heterocycles. The van der Waals surface area contributed by atoms with Crippen LogP contribution in [0.2, 0.25) is 0 Å². The van der Waals surface area contributed by atoms with E-state index >= 15 is 0 Å². The van der Waals surface area contributed by atoms with Gasteiger partial charge in [0.05, 0.1) is 11.4 Å². The van der Waals surface area contributed by atoms with E-state index in [2.05, 4.69) is 22.5 Å². The highest BCUT2D eigenvalue weighted by molar-refractivity contribution is 5.83. The Bertz CT molecular complexity index is 621. The first-order valence-corrected chi connectivity index (χ1v) is 7.09. The van der Waals surface area contributed by atoms with E-state index in [1.165, 1.54) is 0 Å². The van der Waals surface area contributed by atoms with Gasteiger partial charge in [0.25, 0.3) is 0 Å². The summed E-state index contributed by atoms with van der Waals surface area (Å²) in [5, 5.41) is 7.46. The van der Waals surface area contributed by atoms with Crippen LogP contribution in [0.5, 0.6) is 0 Å². The number of benzene rings is 1. The molecule has 4 nitrogen and oxygen atoms in total. The first-order chi connectivity index (χ1) is 9.75. The topological polar surface area (TPSA) is 54.0 Å². The minimum absolute atomic E-state index is 0.0814. The number of carbonyl (C=O) groups excluding carboxylic acids is 1. The smallest absolute Gasteiger partial charge is 0.224 e. The summed E-state index contributed by atoms with van der Waals surface area (Å²) in [6.07, 6.45) is 2.71. The van der Waals surface area contributed by atoms with Crippen LogP contribution in [0.15, 0.2) is 36.5 Å². The second-order valence-electron chi connectivity index (χ2n) is 5.35. The monoisotopic (exact) mass is 269 g/mol. The van der Waals surface area contributed by atoms with Gasteiger partial charge in [-0.15, -0.1) is 0 Å². The predicted molar refractivity (Wildman–Crippen MR) is 79.2 cm³/mol. The zero-order valence-corrected chi connectivity index (χ0v) is 11.6. The Balaban J connectivity index is 1.72. The van der Waals surface area contributed by atoms with Gasteiger partial charge in [-0.25, -0.2) is 0 Å². The van der Waals surface area contributed by atoms with E-state index in [0.29, 0.717) is 6.54 Å². The first-order valence-electron chi connectivity index (χ1n) is 7.09. The molecule has 4 heteroatoms. The number of rotatable bonds is 3. The highest BCUT2D eigenvalue weighted by Crippen LogP contribution is 2.17. The number of hydrogen-bond donors (Lipinski definition) is 2. The van der Waals surface area contributed by atoms with Gasteiger partial charge in [-0.3, -0.25) is 9.78 Å². The van der Waals surface area contributed by atoms with Gasteiger partial charge in [0.15, 0.2) is 0 Å². The molecule has 1 aliphatic heterocycles. The Hall–Kier alpha value is -1.94. The number of carbonyl (C=O) groups is 1. The van der Waals surface area contributed by atoms with E-state index in [-0.39, 0.29) is 17.9 Å². The molecule has 3 rings (SSSR count). The van der Waals surface area contributed by atoms with Crippen LogP contribution in [0.4, 0.5) is 0 Å². The van der Waals surface area contributed by atoms with E-state index in [1.54, 1.807) is 6.20 Å². The molecule has 2 atom stereocenters. The van der Waals surface area contributed by atoms with Crippen LogP contribution in [-0.2, 0) is 11.3 Å². The van der Waals surface area contributed by atoms with Crippen molar-refractivity contribution in [3.63, 3.8) is 0 Å². The molecule has 0 bridgehead atoms. The van der Waals surface area contributed by atoms with Crippen LogP contribution in [-0.4, -0.2) is 23.5 Å². The molecule has 2 aromatic rings. The number of nitrogens with zero attached hydrogens (tertiary/aromatic N) is 1. The standard InChI is InChI=1S/C16H19N3O/c1-11-14(7-9-17-11)16(20)19-10-13-5-2-4-12-6-3-8-18-15(12)13/h2-6,8,11,14,17H,7,9-10H2,1H3,(H,19,20). The maximum absolute atomic E-state index is 12.2. The summed E-state index contributed by atoms with van der Waals surface area (Å²) in [6.45, 7) is 3.53. The fraction of sp³-hybridized carbons (Fsp3) is 0.375. The van der Waals surface area contributed by atoms with E-state index in [1.807, 2.05) is 30.3 Å². The lowest BCUT2D eigenvalue weighted by Crippen LogP contribution is -2.36. The lowest BCUT2D eigenvalue weighted by molar-refractivity contribution is -0.125. The fourth-order valence-electron chi connectivity index (χ4n) is 2.84. The van der Waals surface area contributed by atoms with Gasteiger partial charge in [0.2, 0.25) is 5.91 Å². The Kier molecular flexibility index (Phi) is 3.65. The average Bonchev–Trinajstić information content (AvgIpc) is 2.91. The number of pyridine rings is 1. The third-order valence-corrected chi connectivity index (χ3v) is 4.03. The van der Waals surface area contributed by atoms with Crippen molar-refractivity contribution in [2.24, 2.45) is 5.92 Å². The second-order valence-corrected chi connectivity index (χ2v) is 5.35. The number of amides is 1. The molecule has 104 valence electrons. The van der Waals surface area contributed by atoms with Crippen LogP contribution in [0.3, 0.4) is 0 Å². The molecule has 2 N–H and O–H groups in total. The predicted octanol–water partition coefficient (Wildman–Crippen LogP) is 1.85. The zero-order valence-electron chi connectivity index (χ0n) is 11.6. The zero-order chi connectivity index (χ0) is 13.9. The van der Waals surface area contributed by atoms with Gasteiger partial charge in [-0.2, -0.15) is 0 Å². The summed E-state index contributed by atoms with van der Waals surface area (Å²) in [4.78, 5) is 16.6. The molecule has 0 aliphatic carbocycles. The van der Waals surface area contributed by atoms with Crippen molar-refractivity contribution in [3.8, 4) is 0 Å². The average molecular weight is 269 g/mol. The molecule has 1 amide bonds. The Morgan fingerprint density at radius 2 is 2.25 bits per heavy atom. The van der Waals surface area contributed by atoms with Crippen molar-refractivity contribution in [3.05, 3.63) is 42.1 Å². The van der Waals surface area contributed by atoms with Crippen molar-refractivity contribution in [1.82, 2.24) is 15.6 Å². The van der Waals surface area contributed by atoms with Crippen molar-refractivity contribution in [1.29, 1.82) is 0 Å². The van der Waals surface area contributed by atoms with Gasteiger partial charge < -0.3 is 10.6 Å². The lowest BCUT2D eigenvalue weighted by Gasteiger charge is -2.15. The van der Waals surface area contributed by atoms with Crippen LogP contribution in [0.25, 0.3) is 10.9 Å². The quantitative estimate of drug-likeness (QED) is 0.894. The van der Waals surface area contributed by atoms with Crippen LogP contribution in [0.1, 0.15) is 18.9 Å². The van der Waals surface area contributed by atoms with Gasteiger partial charge in [0.1, 0.15) is 0 Å². The molecular weight excluding hydrogens is 250 g/mol. The van der Waals surface area contributed by atoms with Gasteiger partial charge in [-0.05, 0) is 31.5 Å². The van der Waals surface area contributed by atoms with Gasteiger partial charge in [-0.1, -0.05) is 24.3 Å². The molecule has 0 spiro atoms. The highest BCUT2D eigenvalue weighted by Gasteiger charge is 2.29. The minimum Gasteiger partial charge on any atom is -0.352 e. The molecule has 20 heavy (non-hydrogen) atoms. The molecule has 2 unspecified atom stereocenters. The Morgan fingerprint density at radius 1 is 1.40 bits per heavy atom. The van der Waals surface area contributed by atoms with E-state index < -0.39 is 0 Å². The molecule has 0 radical (unpaired) electrons. The third kappa shape index (κ3) is 2.51. The third-order valence-electron chi connectivity index (χ3n) is 4.03. The Morgan fingerprint density at radius 3 is 3.05 bits per heavy atom. The number of para-hydroxylation sites is 1. The maximum Gasteiger partial charge on any atom is 0.224 e. The van der Waals surface area contributed by atoms with Crippen molar-refractivity contribution in [2.45, 2.75) is 25.9 Å². The summed E-state index contributed by atoms with van der Waals surface area (Å²) < 4.78 is 0. The molecule has 2 heterocycles. The van der Waals surface area contributed by atoms with E-state index in [9.17, 15) is 4.79 Å². The minimum atomic E-state index is 0.0814. The number of nitrogens with one attached hydrogen (secondary N) is 2. The van der Waals surface area contributed by atoms with Gasteiger partial charge in [0, 0.05) is 24.2 Å². The normalized spacial score (nSPS) is 22.1. The number of hydrogen-bond acceptors (Lipinski definition) is 3. The summed E-state index contributed by atoms with van der Waals surface area (Å²) in [7, 11) is 0. The molecule has 1 fully saturated rings. The first kappa shape index (κ1) is 13.1. The summed E-state index contributed by atoms with van der Waals surface area (Å²) in [5.74, 6) is 0.216. The SMILES string of the molecule is CC1NCCC1C(=O)NCc1cccc2cccnc12. The van der Waals surface area contributed by atoms with E-state index in [4.69, 9.17) is 0 Å². The molecular formula is C16H19N3O. The fourth-order valence-corrected chi connectivity index (χ4v) is 2.84. The number of fused-ring (bicyclic) bond motifs is 1. The summed E-state index contributed by atoms with van der Waals surface area (Å²) >= 11 is 0. The second kappa shape index (κ2) is 5.59. The lowest BCUT2D eigenvalue weighted by atomic mass is 10.0.